The van der Waals surface area contributed by atoms with Crippen molar-refractivity contribution in [3.05, 3.63) is 0 Å². The van der Waals surface area contributed by atoms with E-state index in [1.807, 2.05) is 7.05 Å². The minimum absolute atomic E-state index is 0.00720. The van der Waals surface area contributed by atoms with Crippen LogP contribution >= 0.6 is 0 Å². The van der Waals surface area contributed by atoms with Gasteiger partial charge in [-0.25, -0.2) is 8.42 Å². The zero-order chi connectivity index (χ0) is 13.6. The Balaban J connectivity index is 1.91. The highest BCUT2D eigenvalue weighted by atomic mass is 32.2. The van der Waals surface area contributed by atoms with E-state index in [2.05, 4.69) is 18.7 Å². The number of hydrogen-bond acceptors (Lipinski definition) is 4. The Morgan fingerprint density at radius 3 is 2.44 bits per heavy atom. The lowest BCUT2D eigenvalue weighted by atomic mass is 9.87. The third-order valence-corrected chi connectivity index (χ3v) is 6.51. The van der Waals surface area contributed by atoms with Gasteiger partial charge in [0.1, 0.15) is 0 Å². The van der Waals surface area contributed by atoms with Crippen molar-refractivity contribution in [2.45, 2.75) is 45.3 Å². The van der Waals surface area contributed by atoms with Crippen LogP contribution in [0, 0.1) is 11.3 Å². The van der Waals surface area contributed by atoms with Gasteiger partial charge in [0.05, 0.1) is 17.6 Å². The zero-order valence-corrected chi connectivity index (χ0v) is 12.4. The fraction of sp³-hybridized carbons (Fsp3) is 1.00. The van der Waals surface area contributed by atoms with Crippen LogP contribution in [-0.4, -0.2) is 55.7 Å². The normalized spacial score (nSPS) is 38.4. The first-order chi connectivity index (χ1) is 8.21. The molecule has 0 aromatic rings. The standard InChI is InChI=1S/C13H25NO3S/c1-13(2)6-4-10(12(13)15)8-14(3)11-5-7-18(16,17)9-11/h10-12,15H,4-9H2,1-3H3. The summed E-state index contributed by atoms with van der Waals surface area (Å²) in [4.78, 5) is 2.14. The molecule has 106 valence electrons. The average Bonchev–Trinajstić information content (AvgIpc) is 2.73. The smallest absolute Gasteiger partial charge is 0.151 e. The van der Waals surface area contributed by atoms with Gasteiger partial charge in [-0.3, -0.25) is 0 Å². The number of sulfone groups is 1. The molecule has 0 aromatic carbocycles. The van der Waals surface area contributed by atoms with Gasteiger partial charge in [-0.05, 0) is 37.6 Å². The summed E-state index contributed by atoms with van der Waals surface area (Å²) in [6.45, 7) is 5.03. The molecule has 18 heavy (non-hydrogen) atoms. The fourth-order valence-electron chi connectivity index (χ4n) is 3.33. The lowest BCUT2D eigenvalue weighted by Gasteiger charge is -2.30. The summed E-state index contributed by atoms with van der Waals surface area (Å²) < 4.78 is 22.9. The van der Waals surface area contributed by atoms with Crippen LogP contribution in [0.2, 0.25) is 0 Å². The molecule has 3 atom stereocenters. The molecular weight excluding hydrogens is 250 g/mol. The Morgan fingerprint density at radius 1 is 1.33 bits per heavy atom. The van der Waals surface area contributed by atoms with E-state index < -0.39 is 9.84 Å². The molecule has 1 heterocycles. The highest BCUT2D eigenvalue weighted by Crippen LogP contribution is 2.41. The Labute approximate surface area is 110 Å². The summed E-state index contributed by atoms with van der Waals surface area (Å²) in [7, 11) is -0.825. The van der Waals surface area contributed by atoms with Gasteiger partial charge in [-0.15, -0.1) is 0 Å². The van der Waals surface area contributed by atoms with Crippen molar-refractivity contribution in [3.63, 3.8) is 0 Å². The molecule has 1 aliphatic heterocycles. The zero-order valence-electron chi connectivity index (χ0n) is 11.6. The lowest BCUT2D eigenvalue weighted by Crippen LogP contribution is -2.40. The molecule has 3 unspecified atom stereocenters. The predicted molar refractivity (Wildman–Crippen MR) is 72.2 cm³/mol. The van der Waals surface area contributed by atoms with E-state index in [4.69, 9.17) is 0 Å². The fourth-order valence-corrected chi connectivity index (χ4v) is 5.14. The molecule has 0 amide bonds. The summed E-state index contributed by atoms with van der Waals surface area (Å²) in [5.41, 5.74) is 0.00720. The molecule has 0 spiro atoms. The van der Waals surface area contributed by atoms with E-state index in [9.17, 15) is 13.5 Å². The Morgan fingerprint density at radius 2 is 2.00 bits per heavy atom. The molecule has 0 aromatic heterocycles. The van der Waals surface area contributed by atoms with Crippen molar-refractivity contribution in [1.29, 1.82) is 0 Å². The largest absolute Gasteiger partial charge is 0.392 e. The van der Waals surface area contributed by atoms with Crippen LogP contribution in [0.5, 0.6) is 0 Å². The van der Waals surface area contributed by atoms with Crippen LogP contribution < -0.4 is 0 Å². The van der Waals surface area contributed by atoms with Crippen molar-refractivity contribution < 1.29 is 13.5 Å². The molecule has 0 radical (unpaired) electrons. The average molecular weight is 275 g/mol. The van der Waals surface area contributed by atoms with Crippen LogP contribution in [0.15, 0.2) is 0 Å². The Hall–Kier alpha value is -0.130. The van der Waals surface area contributed by atoms with Crippen LogP contribution in [0.25, 0.3) is 0 Å². The SMILES string of the molecule is CN(CC1CCC(C)(C)C1O)C1CCS(=O)(=O)C1. The third-order valence-electron chi connectivity index (χ3n) is 4.76. The summed E-state index contributed by atoms with van der Waals surface area (Å²) in [5, 5.41) is 10.3. The summed E-state index contributed by atoms with van der Waals surface area (Å²) in [6.07, 6.45) is 2.57. The number of aliphatic hydroxyl groups excluding tert-OH is 1. The molecule has 4 nitrogen and oxygen atoms in total. The maximum atomic E-state index is 11.5. The van der Waals surface area contributed by atoms with Gasteiger partial charge in [0.2, 0.25) is 0 Å². The van der Waals surface area contributed by atoms with Gasteiger partial charge in [0.25, 0.3) is 0 Å². The van der Waals surface area contributed by atoms with Gasteiger partial charge in [0.15, 0.2) is 9.84 Å². The number of nitrogens with zero attached hydrogens (tertiary/aromatic N) is 1. The van der Waals surface area contributed by atoms with Gasteiger partial charge < -0.3 is 10.0 Å². The number of rotatable bonds is 3. The second-order valence-corrected chi connectivity index (χ2v) is 8.96. The number of hydrogen-bond donors (Lipinski definition) is 1. The molecule has 1 aliphatic carbocycles. The highest BCUT2D eigenvalue weighted by Gasteiger charge is 2.42. The van der Waals surface area contributed by atoms with E-state index in [1.165, 1.54) is 0 Å². The molecule has 2 aliphatic rings. The van der Waals surface area contributed by atoms with Crippen molar-refractivity contribution in [1.82, 2.24) is 4.90 Å². The monoisotopic (exact) mass is 275 g/mol. The Bertz CT molecular complexity index is 404. The molecule has 1 saturated heterocycles. The Kier molecular flexibility index (Phi) is 3.78. The van der Waals surface area contributed by atoms with E-state index >= 15 is 0 Å². The van der Waals surface area contributed by atoms with Crippen molar-refractivity contribution in [2.75, 3.05) is 25.1 Å². The van der Waals surface area contributed by atoms with Crippen LogP contribution in [0.3, 0.4) is 0 Å². The maximum Gasteiger partial charge on any atom is 0.151 e. The van der Waals surface area contributed by atoms with E-state index in [0.29, 0.717) is 5.75 Å². The molecule has 2 rings (SSSR count). The molecular formula is C13H25NO3S. The first-order valence-electron chi connectivity index (χ1n) is 6.80. The highest BCUT2D eigenvalue weighted by molar-refractivity contribution is 7.91. The van der Waals surface area contributed by atoms with Crippen molar-refractivity contribution >= 4 is 9.84 Å². The second-order valence-electron chi connectivity index (χ2n) is 6.73. The quantitative estimate of drug-likeness (QED) is 0.831. The molecule has 1 N–H and O–H groups in total. The van der Waals surface area contributed by atoms with Gasteiger partial charge in [-0.1, -0.05) is 13.8 Å². The van der Waals surface area contributed by atoms with E-state index in [-0.39, 0.29) is 29.2 Å². The van der Waals surface area contributed by atoms with Crippen LogP contribution in [-0.2, 0) is 9.84 Å². The third kappa shape index (κ3) is 2.89. The van der Waals surface area contributed by atoms with Crippen molar-refractivity contribution in [2.24, 2.45) is 11.3 Å². The second kappa shape index (κ2) is 4.76. The summed E-state index contributed by atoms with van der Waals surface area (Å²) in [6, 6.07) is 0.144. The van der Waals surface area contributed by atoms with E-state index in [1.54, 1.807) is 0 Å². The minimum Gasteiger partial charge on any atom is -0.392 e. The lowest BCUT2D eigenvalue weighted by molar-refractivity contribution is 0.0320. The van der Waals surface area contributed by atoms with Crippen LogP contribution in [0.4, 0.5) is 0 Å². The van der Waals surface area contributed by atoms with Gasteiger partial charge in [0, 0.05) is 12.6 Å². The molecule has 2 fully saturated rings. The molecule has 0 bridgehead atoms. The molecule has 1 saturated carbocycles. The molecule has 5 heteroatoms. The van der Waals surface area contributed by atoms with Crippen LogP contribution in [0.1, 0.15) is 33.1 Å². The van der Waals surface area contributed by atoms with Crippen molar-refractivity contribution in [3.8, 4) is 0 Å². The van der Waals surface area contributed by atoms with Gasteiger partial charge >= 0.3 is 0 Å². The van der Waals surface area contributed by atoms with E-state index in [0.717, 1.165) is 25.8 Å². The minimum atomic E-state index is -2.81. The summed E-state index contributed by atoms with van der Waals surface area (Å²) in [5.74, 6) is 0.893. The first-order valence-corrected chi connectivity index (χ1v) is 8.62. The summed E-state index contributed by atoms with van der Waals surface area (Å²) >= 11 is 0. The number of aliphatic hydroxyl groups is 1. The maximum absolute atomic E-state index is 11.5. The first kappa shape index (κ1) is 14.3. The topological polar surface area (TPSA) is 57.6 Å². The predicted octanol–water partition coefficient (Wildman–Crippen LogP) is 0.902. The van der Waals surface area contributed by atoms with Gasteiger partial charge in [-0.2, -0.15) is 0 Å².